The lowest BCUT2D eigenvalue weighted by atomic mass is 9.73. The number of aliphatic hydroxyl groups is 1. The van der Waals surface area contributed by atoms with Crippen LogP contribution in [0.3, 0.4) is 0 Å². The molecular formula is C11H20O3S. The van der Waals surface area contributed by atoms with Crippen molar-refractivity contribution in [2.24, 2.45) is 5.41 Å². The van der Waals surface area contributed by atoms with Gasteiger partial charge in [-0.2, -0.15) is 11.8 Å². The topological polar surface area (TPSA) is 46.5 Å². The molecule has 0 saturated carbocycles. The summed E-state index contributed by atoms with van der Waals surface area (Å²) in [6.07, 6.45) is 0.656. The van der Waals surface area contributed by atoms with Crippen LogP contribution in [0.15, 0.2) is 0 Å². The van der Waals surface area contributed by atoms with Gasteiger partial charge in [0.25, 0.3) is 0 Å². The lowest BCUT2D eigenvalue weighted by Gasteiger charge is -2.37. The molecule has 0 aliphatic carbocycles. The van der Waals surface area contributed by atoms with Gasteiger partial charge in [-0.1, -0.05) is 6.92 Å². The molecule has 0 spiro atoms. The highest BCUT2D eigenvalue weighted by atomic mass is 32.2. The molecule has 1 aliphatic heterocycles. The molecule has 1 N–H and O–H groups in total. The number of rotatable bonds is 3. The summed E-state index contributed by atoms with van der Waals surface area (Å²) in [4.78, 5) is 11.8. The lowest BCUT2D eigenvalue weighted by molar-refractivity contribution is -0.168. The van der Waals surface area contributed by atoms with Gasteiger partial charge in [0, 0.05) is 11.0 Å². The van der Waals surface area contributed by atoms with Gasteiger partial charge in [0.05, 0.1) is 17.6 Å². The monoisotopic (exact) mass is 232 g/mol. The number of hydrogen-bond acceptors (Lipinski definition) is 4. The van der Waals surface area contributed by atoms with E-state index < -0.39 is 11.0 Å². The maximum absolute atomic E-state index is 11.8. The number of ether oxygens (including phenoxy) is 1. The number of thioether (sulfide) groups is 1. The lowest BCUT2D eigenvalue weighted by Crippen LogP contribution is -2.50. The van der Waals surface area contributed by atoms with Crippen LogP contribution in [0.4, 0.5) is 0 Å². The minimum atomic E-state index is -0.927. The van der Waals surface area contributed by atoms with E-state index in [4.69, 9.17) is 4.74 Å². The third-order valence-electron chi connectivity index (χ3n) is 3.18. The van der Waals surface area contributed by atoms with E-state index in [1.165, 1.54) is 0 Å². The molecule has 15 heavy (non-hydrogen) atoms. The zero-order valence-corrected chi connectivity index (χ0v) is 10.7. The maximum atomic E-state index is 11.8. The molecule has 0 radical (unpaired) electrons. The van der Waals surface area contributed by atoms with Crippen LogP contribution in [0.25, 0.3) is 0 Å². The van der Waals surface area contributed by atoms with Gasteiger partial charge in [0.15, 0.2) is 0 Å². The summed E-state index contributed by atoms with van der Waals surface area (Å²) in [7, 11) is 0. The quantitative estimate of drug-likeness (QED) is 0.754. The minimum absolute atomic E-state index is 0.304. The van der Waals surface area contributed by atoms with Gasteiger partial charge in [0.2, 0.25) is 0 Å². The van der Waals surface area contributed by atoms with Gasteiger partial charge >= 0.3 is 5.97 Å². The van der Waals surface area contributed by atoms with Gasteiger partial charge in [-0.05, 0) is 27.2 Å². The SMILES string of the molecule is CCOC(=O)C(C)(C)C1(O)CSC(C)C1. The molecule has 1 saturated heterocycles. The van der Waals surface area contributed by atoms with Crippen molar-refractivity contribution in [2.75, 3.05) is 12.4 Å². The van der Waals surface area contributed by atoms with Gasteiger partial charge in [0.1, 0.15) is 0 Å². The smallest absolute Gasteiger partial charge is 0.314 e. The first kappa shape index (κ1) is 12.8. The number of hydrogen-bond donors (Lipinski definition) is 1. The van der Waals surface area contributed by atoms with E-state index in [1.54, 1.807) is 32.5 Å². The van der Waals surface area contributed by atoms with E-state index in [9.17, 15) is 9.90 Å². The summed E-state index contributed by atoms with van der Waals surface area (Å²) >= 11 is 1.71. The Kier molecular flexibility index (Phi) is 3.71. The van der Waals surface area contributed by atoms with Crippen LogP contribution in [-0.4, -0.2) is 34.3 Å². The molecule has 2 unspecified atom stereocenters. The molecule has 0 aromatic rings. The fourth-order valence-corrected chi connectivity index (χ4v) is 3.24. The molecule has 2 atom stereocenters. The van der Waals surface area contributed by atoms with Crippen LogP contribution in [0, 0.1) is 5.41 Å². The molecule has 0 aromatic heterocycles. The van der Waals surface area contributed by atoms with E-state index in [-0.39, 0.29) is 5.97 Å². The van der Waals surface area contributed by atoms with Crippen LogP contribution in [0.2, 0.25) is 0 Å². The molecule has 1 heterocycles. The predicted molar refractivity (Wildman–Crippen MR) is 61.9 cm³/mol. The third kappa shape index (κ3) is 2.31. The maximum Gasteiger partial charge on any atom is 0.314 e. The minimum Gasteiger partial charge on any atom is -0.465 e. The number of carbonyl (C=O) groups is 1. The average Bonchev–Trinajstić information content (AvgIpc) is 2.48. The van der Waals surface area contributed by atoms with Crippen molar-refractivity contribution in [1.29, 1.82) is 0 Å². The van der Waals surface area contributed by atoms with Crippen LogP contribution in [-0.2, 0) is 9.53 Å². The second-order valence-electron chi connectivity index (χ2n) is 4.70. The number of carbonyl (C=O) groups excluding carboxylic acids is 1. The van der Waals surface area contributed by atoms with Crippen LogP contribution in [0.1, 0.15) is 34.1 Å². The average molecular weight is 232 g/mol. The highest BCUT2D eigenvalue weighted by Crippen LogP contribution is 2.45. The van der Waals surface area contributed by atoms with Crippen molar-refractivity contribution in [3.63, 3.8) is 0 Å². The predicted octanol–water partition coefficient (Wildman–Crippen LogP) is 1.83. The fraction of sp³-hybridized carbons (Fsp3) is 0.909. The molecule has 1 rings (SSSR count). The molecule has 3 nitrogen and oxygen atoms in total. The first-order chi connectivity index (χ1) is 6.83. The molecule has 88 valence electrons. The highest BCUT2D eigenvalue weighted by Gasteiger charge is 2.53. The molecule has 1 fully saturated rings. The first-order valence-corrected chi connectivity index (χ1v) is 6.39. The first-order valence-electron chi connectivity index (χ1n) is 5.34. The highest BCUT2D eigenvalue weighted by molar-refractivity contribution is 8.00. The second kappa shape index (κ2) is 4.34. The van der Waals surface area contributed by atoms with Crippen molar-refractivity contribution >= 4 is 17.7 Å². The Hall–Kier alpha value is -0.220. The van der Waals surface area contributed by atoms with E-state index in [0.717, 1.165) is 0 Å². The summed E-state index contributed by atoms with van der Waals surface area (Å²) in [6.45, 7) is 7.75. The van der Waals surface area contributed by atoms with E-state index in [0.29, 0.717) is 24.0 Å². The Balaban J connectivity index is 2.80. The van der Waals surface area contributed by atoms with Crippen LogP contribution < -0.4 is 0 Å². The van der Waals surface area contributed by atoms with Gasteiger partial charge < -0.3 is 9.84 Å². The van der Waals surface area contributed by atoms with Crippen molar-refractivity contribution < 1.29 is 14.6 Å². The number of esters is 1. The fourth-order valence-electron chi connectivity index (χ4n) is 1.81. The zero-order chi connectivity index (χ0) is 11.7. The molecule has 0 amide bonds. The summed E-state index contributed by atoms with van der Waals surface area (Å²) in [5.74, 6) is 0.308. The summed E-state index contributed by atoms with van der Waals surface area (Å²) < 4.78 is 5.01. The Morgan fingerprint density at radius 3 is 2.67 bits per heavy atom. The molecular weight excluding hydrogens is 212 g/mol. The summed E-state index contributed by atoms with van der Waals surface area (Å²) in [5, 5.41) is 10.9. The zero-order valence-electron chi connectivity index (χ0n) is 9.87. The molecule has 0 bridgehead atoms. The Labute approximate surface area is 95.6 Å². The molecule has 4 heteroatoms. The van der Waals surface area contributed by atoms with E-state index >= 15 is 0 Å². The van der Waals surface area contributed by atoms with E-state index in [1.807, 2.05) is 0 Å². The van der Waals surface area contributed by atoms with Gasteiger partial charge in [-0.3, -0.25) is 4.79 Å². The van der Waals surface area contributed by atoms with Crippen LogP contribution >= 0.6 is 11.8 Å². The van der Waals surface area contributed by atoms with Gasteiger partial charge in [-0.25, -0.2) is 0 Å². The normalized spacial score (nSPS) is 31.7. The standard InChI is InChI=1S/C11H20O3S/c1-5-14-9(12)10(3,4)11(13)6-8(2)15-7-11/h8,13H,5-7H2,1-4H3. The largest absolute Gasteiger partial charge is 0.465 e. The van der Waals surface area contributed by atoms with Crippen molar-refractivity contribution in [3.05, 3.63) is 0 Å². The van der Waals surface area contributed by atoms with Crippen molar-refractivity contribution in [1.82, 2.24) is 0 Å². The van der Waals surface area contributed by atoms with Gasteiger partial charge in [-0.15, -0.1) is 0 Å². The Morgan fingerprint density at radius 2 is 2.27 bits per heavy atom. The third-order valence-corrected chi connectivity index (χ3v) is 4.56. The molecule has 1 aliphatic rings. The molecule has 0 aromatic carbocycles. The van der Waals surface area contributed by atoms with Crippen LogP contribution in [0.5, 0.6) is 0 Å². The Morgan fingerprint density at radius 1 is 1.67 bits per heavy atom. The van der Waals surface area contributed by atoms with Crippen molar-refractivity contribution in [2.45, 2.75) is 45.0 Å². The van der Waals surface area contributed by atoms with E-state index in [2.05, 4.69) is 6.92 Å². The second-order valence-corrected chi connectivity index (χ2v) is 6.13. The summed E-state index contributed by atoms with van der Waals surface area (Å²) in [6, 6.07) is 0. The van der Waals surface area contributed by atoms with Crippen molar-refractivity contribution in [3.8, 4) is 0 Å². The summed E-state index contributed by atoms with van der Waals surface area (Å²) in [5.41, 5.74) is -1.75. The Bertz CT molecular complexity index is 252.